The number of hydrogen-bond donors (Lipinski definition) is 2. The van der Waals surface area contributed by atoms with E-state index in [1.807, 2.05) is 0 Å². The zero-order chi connectivity index (χ0) is 13.9. The molecule has 0 unspecified atom stereocenters. The van der Waals surface area contributed by atoms with E-state index in [2.05, 4.69) is 21.2 Å². The topological polar surface area (TPSA) is 64.3 Å². The number of hydrogen-bond acceptors (Lipinski definition) is 4. The van der Waals surface area contributed by atoms with E-state index in [1.54, 1.807) is 6.92 Å². The minimum atomic E-state index is -3.10. The summed E-state index contributed by atoms with van der Waals surface area (Å²) in [6.45, 7) is 0.195. The molecular formula is C10H13BrF2N2O2S. The summed E-state index contributed by atoms with van der Waals surface area (Å²) in [6, 6.07) is 0. The number of amides is 1. The Morgan fingerprint density at radius 1 is 1.61 bits per heavy atom. The first-order valence-corrected chi connectivity index (χ1v) is 6.62. The molecule has 0 saturated heterocycles. The van der Waals surface area contributed by atoms with Gasteiger partial charge in [0.05, 0.1) is 24.7 Å². The Morgan fingerprint density at radius 3 is 2.72 bits per heavy atom. The maximum absolute atomic E-state index is 12.9. The maximum Gasteiger partial charge on any atom is 0.277 e. The fraction of sp³-hybridized carbons (Fsp3) is 0.500. The lowest BCUT2D eigenvalue weighted by molar-refractivity contribution is 0.0119. The van der Waals surface area contributed by atoms with Crippen LogP contribution in [0.4, 0.5) is 8.78 Å². The second kappa shape index (κ2) is 5.94. The molecule has 0 aliphatic heterocycles. The number of carbonyl (C=O) groups excluding carboxylic acids is 1. The number of thiophene rings is 1. The highest BCUT2D eigenvalue weighted by molar-refractivity contribution is 9.10. The highest BCUT2D eigenvalue weighted by Crippen LogP contribution is 2.38. The van der Waals surface area contributed by atoms with Crippen molar-refractivity contribution >= 4 is 33.2 Å². The lowest BCUT2D eigenvalue weighted by Crippen LogP contribution is -2.41. The van der Waals surface area contributed by atoms with E-state index in [4.69, 9.17) is 10.5 Å². The van der Waals surface area contributed by atoms with E-state index < -0.39 is 24.9 Å². The van der Waals surface area contributed by atoms with Crippen LogP contribution < -0.4 is 15.8 Å². The van der Waals surface area contributed by atoms with Gasteiger partial charge in [0.25, 0.3) is 11.8 Å². The van der Waals surface area contributed by atoms with Crippen molar-refractivity contribution in [2.24, 2.45) is 5.73 Å². The summed E-state index contributed by atoms with van der Waals surface area (Å²) in [5.74, 6) is -3.35. The smallest absolute Gasteiger partial charge is 0.277 e. The summed E-state index contributed by atoms with van der Waals surface area (Å²) in [5, 5.41) is 2.15. The van der Waals surface area contributed by atoms with Crippen LogP contribution in [0.15, 0.2) is 4.47 Å². The summed E-state index contributed by atoms with van der Waals surface area (Å²) in [7, 11) is 1.41. The molecule has 0 radical (unpaired) electrons. The molecule has 8 heteroatoms. The quantitative estimate of drug-likeness (QED) is 0.861. The van der Waals surface area contributed by atoms with Crippen molar-refractivity contribution in [3.05, 3.63) is 14.2 Å². The normalized spacial score (nSPS) is 11.4. The van der Waals surface area contributed by atoms with Crippen LogP contribution in [0, 0.1) is 6.92 Å². The van der Waals surface area contributed by atoms with Gasteiger partial charge in [0, 0.05) is 4.88 Å². The summed E-state index contributed by atoms with van der Waals surface area (Å²) >= 11 is 4.44. The number of nitrogens with two attached hydrogens (primary N) is 1. The molecule has 4 nitrogen and oxygen atoms in total. The average molecular weight is 343 g/mol. The Labute approximate surface area is 116 Å². The number of ether oxygens (including phenoxy) is 1. The Balaban J connectivity index is 2.82. The van der Waals surface area contributed by atoms with Crippen LogP contribution in [0.25, 0.3) is 0 Å². The van der Waals surface area contributed by atoms with E-state index in [-0.39, 0.29) is 4.88 Å². The molecule has 0 aliphatic rings. The fourth-order valence-electron chi connectivity index (χ4n) is 1.20. The lowest BCUT2D eigenvalue weighted by Gasteiger charge is -2.14. The van der Waals surface area contributed by atoms with Crippen LogP contribution in [0.3, 0.4) is 0 Å². The first kappa shape index (κ1) is 15.3. The van der Waals surface area contributed by atoms with Gasteiger partial charge in [-0.15, -0.1) is 11.3 Å². The molecule has 1 aromatic heterocycles. The second-order valence-electron chi connectivity index (χ2n) is 3.58. The predicted molar refractivity (Wildman–Crippen MR) is 69.6 cm³/mol. The average Bonchev–Trinajstić information content (AvgIpc) is 2.62. The number of nitrogens with one attached hydrogen (secondary N) is 1. The van der Waals surface area contributed by atoms with Crippen molar-refractivity contribution in [1.82, 2.24) is 5.32 Å². The largest absolute Gasteiger partial charge is 0.494 e. The third kappa shape index (κ3) is 3.39. The number of alkyl halides is 2. The third-order valence-corrected chi connectivity index (χ3v) is 4.49. The number of carbonyl (C=O) groups is 1. The molecule has 3 N–H and O–H groups in total. The molecule has 0 spiro atoms. The molecule has 1 aromatic rings. The SMILES string of the molecule is COc1c(C(=O)NCC(F)(F)CN)sc(C)c1Br. The van der Waals surface area contributed by atoms with E-state index in [0.29, 0.717) is 10.2 Å². The van der Waals surface area contributed by atoms with Crippen molar-refractivity contribution in [3.8, 4) is 5.75 Å². The molecule has 0 bridgehead atoms. The molecule has 0 atom stereocenters. The van der Waals surface area contributed by atoms with Crippen molar-refractivity contribution in [1.29, 1.82) is 0 Å². The van der Waals surface area contributed by atoms with Gasteiger partial charge < -0.3 is 15.8 Å². The number of rotatable bonds is 5. The molecule has 1 rings (SSSR count). The molecule has 0 fully saturated rings. The van der Waals surface area contributed by atoms with E-state index in [0.717, 1.165) is 4.88 Å². The highest BCUT2D eigenvalue weighted by atomic mass is 79.9. The van der Waals surface area contributed by atoms with Gasteiger partial charge >= 0.3 is 0 Å². The molecule has 18 heavy (non-hydrogen) atoms. The highest BCUT2D eigenvalue weighted by Gasteiger charge is 2.29. The summed E-state index contributed by atoms with van der Waals surface area (Å²) in [4.78, 5) is 12.9. The minimum absolute atomic E-state index is 0.259. The Kier molecular flexibility index (Phi) is 5.06. The summed E-state index contributed by atoms with van der Waals surface area (Å²) < 4.78 is 31.6. The van der Waals surface area contributed by atoms with Gasteiger partial charge in [-0.25, -0.2) is 8.78 Å². The van der Waals surface area contributed by atoms with Gasteiger partial charge in [-0.05, 0) is 22.9 Å². The Morgan fingerprint density at radius 2 is 2.22 bits per heavy atom. The molecular weight excluding hydrogens is 330 g/mol. The zero-order valence-electron chi connectivity index (χ0n) is 9.85. The Hall–Kier alpha value is -0.730. The van der Waals surface area contributed by atoms with Crippen LogP contribution in [0.5, 0.6) is 5.75 Å². The van der Waals surface area contributed by atoms with Crippen molar-refractivity contribution in [2.45, 2.75) is 12.8 Å². The van der Waals surface area contributed by atoms with Crippen molar-refractivity contribution < 1.29 is 18.3 Å². The monoisotopic (exact) mass is 342 g/mol. The summed E-state index contributed by atoms with van der Waals surface area (Å²) in [6.07, 6.45) is 0. The van der Waals surface area contributed by atoms with Crippen molar-refractivity contribution in [2.75, 3.05) is 20.2 Å². The van der Waals surface area contributed by atoms with Crippen LogP contribution in [0.2, 0.25) is 0 Å². The Bertz CT molecular complexity index is 451. The van der Waals surface area contributed by atoms with Gasteiger partial charge in [-0.1, -0.05) is 0 Å². The standard InChI is InChI=1S/C10H13BrF2N2O2S/c1-5-6(11)7(17-2)8(18-5)9(16)15-4-10(12,13)3-14/h3-4,14H2,1-2H3,(H,15,16). The van der Waals surface area contributed by atoms with Crippen LogP contribution in [0.1, 0.15) is 14.5 Å². The van der Waals surface area contributed by atoms with Gasteiger partial charge in [-0.2, -0.15) is 0 Å². The lowest BCUT2D eigenvalue weighted by atomic mass is 10.3. The first-order valence-electron chi connectivity index (χ1n) is 5.01. The first-order chi connectivity index (χ1) is 8.32. The van der Waals surface area contributed by atoms with E-state index in [9.17, 15) is 13.6 Å². The van der Waals surface area contributed by atoms with Crippen LogP contribution in [-0.2, 0) is 0 Å². The molecule has 0 saturated carbocycles. The van der Waals surface area contributed by atoms with Crippen LogP contribution >= 0.6 is 27.3 Å². The number of methoxy groups -OCH3 is 1. The van der Waals surface area contributed by atoms with Gasteiger partial charge in [0.1, 0.15) is 4.88 Å². The zero-order valence-corrected chi connectivity index (χ0v) is 12.3. The van der Waals surface area contributed by atoms with Crippen molar-refractivity contribution in [3.63, 3.8) is 0 Å². The maximum atomic E-state index is 12.9. The van der Waals surface area contributed by atoms with Gasteiger partial charge in [0.15, 0.2) is 5.75 Å². The van der Waals surface area contributed by atoms with Gasteiger partial charge in [0.2, 0.25) is 0 Å². The minimum Gasteiger partial charge on any atom is -0.494 e. The van der Waals surface area contributed by atoms with Crippen LogP contribution in [-0.4, -0.2) is 32.0 Å². The third-order valence-electron chi connectivity index (χ3n) is 2.19. The molecule has 1 heterocycles. The summed E-state index contributed by atoms with van der Waals surface area (Å²) in [5.41, 5.74) is 4.88. The molecule has 1 amide bonds. The predicted octanol–water partition coefficient (Wildman–Crippen LogP) is 2.15. The molecule has 0 aliphatic carbocycles. The van der Waals surface area contributed by atoms with Gasteiger partial charge in [-0.3, -0.25) is 4.79 Å². The van der Waals surface area contributed by atoms with E-state index in [1.165, 1.54) is 18.4 Å². The molecule has 102 valence electrons. The number of halogens is 3. The second-order valence-corrected chi connectivity index (χ2v) is 5.60. The van der Waals surface area contributed by atoms with E-state index >= 15 is 0 Å². The molecule has 0 aromatic carbocycles. The number of aryl methyl sites for hydroxylation is 1. The fourth-order valence-corrected chi connectivity index (χ4v) is 2.86.